The normalized spacial score (nSPS) is 12.0. The quantitative estimate of drug-likeness (QED) is 0.826. The molecule has 0 fully saturated rings. The summed E-state index contributed by atoms with van der Waals surface area (Å²) >= 11 is 5.92. The minimum Gasteiger partial charge on any atom is -0.326 e. The predicted molar refractivity (Wildman–Crippen MR) is 84.5 cm³/mol. The highest BCUT2D eigenvalue weighted by Gasteiger charge is 2.13. The SMILES string of the molecule is Cc1ccccc1C[NH+](C)CC(=O)Nc1cccnc1Cl. The molecule has 0 radical (unpaired) electrons. The molecule has 1 heterocycles. The summed E-state index contributed by atoms with van der Waals surface area (Å²) in [6.07, 6.45) is 1.59. The van der Waals surface area contributed by atoms with Crippen LogP contribution < -0.4 is 10.2 Å². The number of pyridine rings is 1. The zero-order valence-electron chi connectivity index (χ0n) is 12.2. The summed E-state index contributed by atoms with van der Waals surface area (Å²) < 4.78 is 0. The largest absolute Gasteiger partial charge is 0.326 e. The maximum Gasteiger partial charge on any atom is 0.279 e. The minimum absolute atomic E-state index is 0.0732. The number of amides is 1. The molecule has 2 aromatic rings. The number of hydrogen-bond acceptors (Lipinski definition) is 2. The Bertz CT molecular complexity index is 630. The summed E-state index contributed by atoms with van der Waals surface area (Å²) in [6.45, 7) is 3.26. The number of anilines is 1. The fourth-order valence-electron chi connectivity index (χ4n) is 2.14. The van der Waals surface area contributed by atoms with Gasteiger partial charge in [-0.3, -0.25) is 4.79 Å². The van der Waals surface area contributed by atoms with Gasteiger partial charge in [0.2, 0.25) is 0 Å². The number of benzene rings is 1. The van der Waals surface area contributed by atoms with Crippen LogP contribution in [-0.4, -0.2) is 24.5 Å². The van der Waals surface area contributed by atoms with Crippen molar-refractivity contribution in [2.45, 2.75) is 13.5 Å². The number of aryl methyl sites for hydroxylation is 1. The molecule has 0 saturated heterocycles. The Morgan fingerprint density at radius 2 is 2.05 bits per heavy atom. The van der Waals surface area contributed by atoms with Gasteiger partial charge in [0, 0.05) is 11.8 Å². The van der Waals surface area contributed by atoms with Gasteiger partial charge in [0.25, 0.3) is 5.91 Å². The van der Waals surface area contributed by atoms with Gasteiger partial charge in [0.05, 0.1) is 12.7 Å². The smallest absolute Gasteiger partial charge is 0.279 e. The van der Waals surface area contributed by atoms with Gasteiger partial charge in [0.1, 0.15) is 6.54 Å². The molecular formula is C16H19ClN3O+. The van der Waals surface area contributed by atoms with Crippen LogP contribution in [0.4, 0.5) is 5.69 Å². The summed E-state index contributed by atoms with van der Waals surface area (Å²) in [5.74, 6) is -0.0732. The average Bonchev–Trinajstić information content (AvgIpc) is 2.44. The molecule has 0 bridgehead atoms. The van der Waals surface area contributed by atoms with Crippen molar-refractivity contribution in [2.24, 2.45) is 0 Å². The molecular weight excluding hydrogens is 286 g/mol. The van der Waals surface area contributed by atoms with Crippen LogP contribution in [0, 0.1) is 6.92 Å². The van der Waals surface area contributed by atoms with Crippen molar-refractivity contribution in [3.8, 4) is 0 Å². The van der Waals surface area contributed by atoms with E-state index in [9.17, 15) is 4.79 Å². The Balaban J connectivity index is 1.91. The van der Waals surface area contributed by atoms with Crippen molar-refractivity contribution in [3.05, 3.63) is 58.9 Å². The summed E-state index contributed by atoms with van der Waals surface area (Å²) in [5, 5.41) is 3.10. The molecule has 2 N–H and O–H groups in total. The lowest BCUT2D eigenvalue weighted by Gasteiger charge is -2.15. The molecule has 1 unspecified atom stereocenters. The average molecular weight is 305 g/mol. The number of nitrogens with one attached hydrogen (secondary N) is 2. The summed E-state index contributed by atoms with van der Waals surface area (Å²) in [5.41, 5.74) is 3.04. The standard InChI is InChI=1S/C16H18ClN3O/c1-12-6-3-4-7-13(12)10-20(2)11-15(21)19-14-8-5-9-18-16(14)17/h3-9H,10-11H2,1-2H3,(H,19,21)/p+1. The first kappa shape index (κ1) is 15.5. The Morgan fingerprint density at radius 3 is 2.76 bits per heavy atom. The third-order valence-corrected chi connectivity index (χ3v) is 3.55. The molecule has 1 atom stereocenters. The molecule has 0 saturated carbocycles. The van der Waals surface area contributed by atoms with Gasteiger partial charge in [-0.2, -0.15) is 0 Å². The fourth-order valence-corrected chi connectivity index (χ4v) is 2.31. The number of hydrogen-bond donors (Lipinski definition) is 2. The highest BCUT2D eigenvalue weighted by atomic mass is 35.5. The molecule has 21 heavy (non-hydrogen) atoms. The second kappa shape index (κ2) is 7.20. The van der Waals surface area contributed by atoms with Crippen molar-refractivity contribution in [1.29, 1.82) is 0 Å². The lowest BCUT2D eigenvalue weighted by Crippen LogP contribution is -3.08. The van der Waals surface area contributed by atoms with Gasteiger partial charge in [-0.1, -0.05) is 35.9 Å². The third kappa shape index (κ3) is 4.55. The van der Waals surface area contributed by atoms with Crippen molar-refractivity contribution in [1.82, 2.24) is 4.98 Å². The van der Waals surface area contributed by atoms with Crippen molar-refractivity contribution < 1.29 is 9.69 Å². The Kier molecular flexibility index (Phi) is 5.31. The second-order valence-corrected chi connectivity index (χ2v) is 5.49. The van der Waals surface area contributed by atoms with Crippen molar-refractivity contribution >= 4 is 23.2 Å². The van der Waals surface area contributed by atoms with E-state index in [1.807, 2.05) is 19.2 Å². The summed E-state index contributed by atoms with van der Waals surface area (Å²) in [6, 6.07) is 11.7. The van der Waals surface area contributed by atoms with E-state index in [2.05, 4.69) is 29.4 Å². The van der Waals surface area contributed by atoms with Gasteiger partial charge in [-0.25, -0.2) is 4.98 Å². The van der Waals surface area contributed by atoms with E-state index >= 15 is 0 Å². The van der Waals surface area contributed by atoms with E-state index in [0.29, 0.717) is 17.4 Å². The maximum atomic E-state index is 12.0. The minimum atomic E-state index is -0.0732. The van der Waals surface area contributed by atoms with Gasteiger partial charge in [0.15, 0.2) is 11.7 Å². The Hall–Kier alpha value is -1.91. The molecule has 0 aliphatic rings. The molecule has 0 aliphatic carbocycles. The number of aromatic nitrogens is 1. The van der Waals surface area contributed by atoms with E-state index in [0.717, 1.165) is 11.4 Å². The number of carbonyl (C=O) groups is 1. The van der Waals surface area contributed by atoms with E-state index in [-0.39, 0.29) is 5.91 Å². The first-order valence-corrected chi connectivity index (χ1v) is 7.20. The van der Waals surface area contributed by atoms with Crippen LogP contribution in [0.15, 0.2) is 42.6 Å². The van der Waals surface area contributed by atoms with Crippen molar-refractivity contribution in [3.63, 3.8) is 0 Å². The summed E-state index contributed by atoms with van der Waals surface area (Å²) in [7, 11) is 2.00. The molecule has 0 aliphatic heterocycles. The summed E-state index contributed by atoms with van der Waals surface area (Å²) in [4.78, 5) is 17.1. The number of likely N-dealkylation sites (N-methyl/N-ethyl adjacent to an activating group) is 1. The Labute approximate surface area is 129 Å². The van der Waals surface area contributed by atoms with Crippen LogP contribution in [0.5, 0.6) is 0 Å². The fraction of sp³-hybridized carbons (Fsp3) is 0.250. The molecule has 1 amide bonds. The van der Waals surface area contributed by atoms with Gasteiger partial charge in [-0.05, 0) is 24.6 Å². The molecule has 2 rings (SSSR count). The highest BCUT2D eigenvalue weighted by molar-refractivity contribution is 6.32. The van der Waals surface area contributed by atoms with Crippen LogP contribution in [-0.2, 0) is 11.3 Å². The first-order valence-electron chi connectivity index (χ1n) is 6.82. The number of nitrogens with zero attached hydrogens (tertiary/aromatic N) is 1. The van der Waals surface area contributed by atoms with Crippen LogP contribution >= 0.6 is 11.6 Å². The second-order valence-electron chi connectivity index (χ2n) is 5.13. The molecule has 5 heteroatoms. The lowest BCUT2D eigenvalue weighted by atomic mass is 10.1. The lowest BCUT2D eigenvalue weighted by molar-refractivity contribution is -0.885. The number of halogens is 1. The molecule has 1 aromatic carbocycles. The van der Waals surface area contributed by atoms with Crippen LogP contribution in [0.2, 0.25) is 5.15 Å². The van der Waals surface area contributed by atoms with Gasteiger partial charge >= 0.3 is 0 Å². The van der Waals surface area contributed by atoms with E-state index in [1.165, 1.54) is 11.1 Å². The van der Waals surface area contributed by atoms with E-state index in [1.54, 1.807) is 18.3 Å². The molecule has 0 spiro atoms. The number of quaternary nitrogens is 1. The molecule has 1 aromatic heterocycles. The molecule has 4 nitrogen and oxygen atoms in total. The van der Waals surface area contributed by atoms with Crippen LogP contribution in [0.3, 0.4) is 0 Å². The topological polar surface area (TPSA) is 46.4 Å². The van der Waals surface area contributed by atoms with Crippen molar-refractivity contribution in [2.75, 3.05) is 18.9 Å². The predicted octanol–water partition coefficient (Wildman–Crippen LogP) is 1.70. The zero-order chi connectivity index (χ0) is 15.2. The zero-order valence-corrected chi connectivity index (χ0v) is 12.9. The number of carbonyl (C=O) groups excluding carboxylic acids is 1. The van der Waals surface area contributed by atoms with Gasteiger partial charge < -0.3 is 10.2 Å². The van der Waals surface area contributed by atoms with E-state index in [4.69, 9.17) is 11.6 Å². The van der Waals surface area contributed by atoms with Crippen LogP contribution in [0.1, 0.15) is 11.1 Å². The third-order valence-electron chi connectivity index (χ3n) is 3.25. The Morgan fingerprint density at radius 1 is 1.29 bits per heavy atom. The first-order chi connectivity index (χ1) is 10.1. The number of rotatable bonds is 5. The van der Waals surface area contributed by atoms with E-state index < -0.39 is 0 Å². The highest BCUT2D eigenvalue weighted by Crippen LogP contribution is 2.16. The monoisotopic (exact) mass is 304 g/mol. The molecule has 110 valence electrons. The van der Waals surface area contributed by atoms with Crippen LogP contribution in [0.25, 0.3) is 0 Å². The van der Waals surface area contributed by atoms with Gasteiger partial charge in [-0.15, -0.1) is 0 Å². The maximum absolute atomic E-state index is 12.0.